The Hall–Kier alpha value is -2.01. The molecule has 5 heteroatoms. The molecule has 0 aromatic carbocycles. The monoisotopic (exact) mass is 339 g/mol. The van der Waals surface area contributed by atoms with Crippen molar-refractivity contribution in [3.8, 4) is 0 Å². The molecular formula is C20H29N5. The molecular weight excluding hydrogens is 310 g/mol. The molecule has 25 heavy (non-hydrogen) atoms. The van der Waals surface area contributed by atoms with Crippen LogP contribution >= 0.6 is 0 Å². The van der Waals surface area contributed by atoms with Crippen LogP contribution < -0.4 is 21.9 Å². The van der Waals surface area contributed by atoms with Crippen molar-refractivity contribution in [3.63, 3.8) is 0 Å². The fraction of sp³-hybridized carbons (Fsp3) is 0.550. The van der Waals surface area contributed by atoms with Gasteiger partial charge in [-0.2, -0.15) is 0 Å². The van der Waals surface area contributed by atoms with E-state index >= 15 is 0 Å². The first-order chi connectivity index (χ1) is 12.1. The van der Waals surface area contributed by atoms with Crippen LogP contribution in [-0.2, 0) is 6.54 Å². The van der Waals surface area contributed by atoms with Gasteiger partial charge in [-0.05, 0) is 31.8 Å². The fourth-order valence-electron chi connectivity index (χ4n) is 5.02. The van der Waals surface area contributed by atoms with Gasteiger partial charge in [0.2, 0.25) is 0 Å². The lowest BCUT2D eigenvalue weighted by Gasteiger charge is -2.45. The number of imidazole rings is 1. The highest BCUT2D eigenvalue weighted by molar-refractivity contribution is 5.35. The predicted molar refractivity (Wildman–Crippen MR) is 102 cm³/mol. The normalized spacial score (nSPS) is 28.8. The quantitative estimate of drug-likeness (QED) is 0.802. The van der Waals surface area contributed by atoms with Crippen LogP contribution in [0.1, 0.15) is 38.4 Å². The summed E-state index contributed by atoms with van der Waals surface area (Å²) in [7, 11) is 0. The number of nitrogens with zero attached hydrogens (tertiary/aromatic N) is 3. The van der Waals surface area contributed by atoms with Gasteiger partial charge in [-0.1, -0.05) is 38.2 Å². The number of rotatable bonds is 3. The zero-order chi connectivity index (χ0) is 17.6. The number of nitrogens with one attached hydrogen (secondary N) is 1. The van der Waals surface area contributed by atoms with Gasteiger partial charge < -0.3 is 16.1 Å². The zero-order valence-electron chi connectivity index (χ0n) is 15.2. The number of fused-ring (bicyclic) bond motifs is 2. The molecule has 0 amide bonds. The van der Waals surface area contributed by atoms with Crippen molar-refractivity contribution in [3.05, 3.63) is 41.0 Å². The molecule has 0 radical (unpaired) electrons. The summed E-state index contributed by atoms with van der Waals surface area (Å²) >= 11 is 0. The molecule has 1 spiro atoms. The molecule has 1 aromatic heterocycles. The van der Waals surface area contributed by atoms with Gasteiger partial charge in [-0.3, -0.25) is 0 Å². The van der Waals surface area contributed by atoms with E-state index in [9.17, 15) is 0 Å². The van der Waals surface area contributed by atoms with Crippen LogP contribution in [0.15, 0.2) is 24.4 Å². The summed E-state index contributed by atoms with van der Waals surface area (Å²) in [5.41, 5.74) is 1.56. The Morgan fingerprint density at radius 1 is 1.32 bits per heavy atom. The van der Waals surface area contributed by atoms with Gasteiger partial charge in [0.05, 0.1) is 17.2 Å². The summed E-state index contributed by atoms with van der Waals surface area (Å²) in [5.74, 6) is 7.86. The first-order valence-electron chi connectivity index (χ1n) is 9.40. The second-order valence-corrected chi connectivity index (χ2v) is 7.72. The number of likely N-dealkylation sites (tertiary alicyclic amines) is 1. The van der Waals surface area contributed by atoms with E-state index in [0.717, 1.165) is 42.1 Å². The highest BCUT2D eigenvalue weighted by Crippen LogP contribution is 2.55. The van der Waals surface area contributed by atoms with Gasteiger partial charge in [-0.15, -0.1) is 0 Å². The lowest BCUT2D eigenvalue weighted by Crippen LogP contribution is -2.57. The second kappa shape index (κ2) is 6.06. The summed E-state index contributed by atoms with van der Waals surface area (Å²) < 4.78 is 1.64. The van der Waals surface area contributed by atoms with Crippen LogP contribution in [0.25, 0.3) is 12.7 Å². The first-order valence-corrected chi connectivity index (χ1v) is 9.40. The van der Waals surface area contributed by atoms with E-state index in [-0.39, 0.29) is 5.41 Å². The maximum atomic E-state index is 6.26. The molecule has 3 aliphatic rings. The Morgan fingerprint density at radius 3 is 2.76 bits per heavy atom. The van der Waals surface area contributed by atoms with E-state index in [1.54, 1.807) is 4.68 Å². The molecule has 2 aliphatic heterocycles. The van der Waals surface area contributed by atoms with E-state index in [1.165, 1.54) is 31.4 Å². The van der Waals surface area contributed by atoms with Gasteiger partial charge in [0.1, 0.15) is 5.82 Å². The van der Waals surface area contributed by atoms with Gasteiger partial charge in [0.25, 0.3) is 0 Å². The molecule has 3 fully saturated rings. The van der Waals surface area contributed by atoms with E-state index in [2.05, 4.69) is 23.4 Å². The maximum absolute atomic E-state index is 6.26. The van der Waals surface area contributed by atoms with E-state index in [1.807, 2.05) is 25.2 Å². The molecule has 1 aromatic rings. The van der Waals surface area contributed by atoms with Crippen LogP contribution in [0.3, 0.4) is 0 Å². The smallest absolute Gasteiger partial charge is 0.147 e. The molecule has 2 unspecified atom stereocenters. The van der Waals surface area contributed by atoms with Crippen molar-refractivity contribution in [2.75, 3.05) is 18.9 Å². The average molecular weight is 339 g/mol. The van der Waals surface area contributed by atoms with Crippen LogP contribution in [0.2, 0.25) is 0 Å². The molecule has 1 aliphatic carbocycles. The first kappa shape index (κ1) is 16.5. The van der Waals surface area contributed by atoms with Crippen molar-refractivity contribution in [1.82, 2.24) is 19.9 Å². The number of allylic oxidation sites excluding steroid dienone is 2. The summed E-state index contributed by atoms with van der Waals surface area (Å²) in [5, 5.41) is 5.09. The third kappa shape index (κ3) is 2.36. The standard InChI is InChI=1S/C20H29N5/c1-4-5-9-17-14(2)25(21)19(23-17)11-24-15(3)20(12-22-13-20)16-8-6-7-10-18(16)24/h4-5,9,16,18,22H,2-3,6-8,10-13,21H2,1H3/b5-4-,17-9+. The number of hydrogen-bond donors (Lipinski definition) is 2. The predicted octanol–water partition coefficient (Wildman–Crippen LogP) is 0.842. The van der Waals surface area contributed by atoms with Crippen molar-refractivity contribution in [2.24, 2.45) is 11.3 Å². The average Bonchev–Trinajstić information content (AvgIpc) is 2.99. The van der Waals surface area contributed by atoms with Crippen molar-refractivity contribution >= 4 is 12.7 Å². The number of hydrogen-bond acceptors (Lipinski definition) is 4. The van der Waals surface area contributed by atoms with Gasteiger partial charge in [0, 0.05) is 30.2 Å². The zero-order valence-corrected chi connectivity index (χ0v) is 15.2. The van der Waals surface area contributed by atoms with E-state index < -0.39 is 0 Å². The largest absolute Gasteiger partial charge is 0.364 e. The summed E-state index contributed by atoms with van der Waals surface area (Å²) in [4.78, 5) is 7.24. The minimum atomic E-state index is 0.268. The highest BCUT2D eigenvalue weighted by Gasteiger charge is 2.58. The van der Waals surface area contributed by atoms with Crippen LogP contribution in [0, 0.1) is 11.3 Å². The molecule has 5 nitrogen and oxygen atoms in total. The fourth-order valence-corrected chi connectivity index (χ4v) is 5.02. The lowest BCUT2D eigenvalue weighted by molar-refractivity contribution is 0.106. The summed E-state index contributed by atoms with van der Waals surface area (Å²) in [6.07, 6.45) is 11.2. The number of nitrogen functional groups attached to an aromatic ring is 1. The molecule has 134 valence electrons. The van der Waals surface area contributed by atoms with Crippen molar-refractivity contribution < 1.29 is 0 Å². The van der Waals surface area contributed by atoms with Crippen LogP contribution in [0.4, 0.5) is 0 Å². The molecule has 2 saturated heterocycles. The number of aromatic nitrogens is 2. The van der Waals surface area contributed by atoms with Crippen molar-refractivity contribution in [1.29, 1.82) is 0 Å². The Labute approximate surface area is 149 Å². The Morgan fingerprint density at radius 2 is 2.08 bits per heavy atom. The molecule has 2 atom stereocenters. The van der Waals surface area contributed by atoms with Gasteiger partial charge in [-0.25, -0.2) is 9.66 Å². The number of nitrogens with two attached hydrogens (primary N) is 1. The van der Waals surface area contributed by atoms with Crippen LogP contribution in [0.5, 0.6) is 0 Å². The molecule has 0 bridgehead atoms. The Balaban J connectivity index is 1.66. The maximum Gasteiger partial charge on any atom is 0.147 e. The van der Waals surface area contributed by atoms with Crippen LogP contribution in [-0.4, -0.2) is 33.7 Å². The topological polar surface area (TPSA) is 59.1 Å². The Kier molecular flexibility index (Phi) is 3.99. The molecule has 3 heterocycles. The van der Waals surface area contributed by atoms with Gasteiger partial charge >= 0.3 is 0 Å². The molecule has 4 rings (SSSR count). The minimum absolute atomic E-state index is 0.268. The van der Waals surface area contributed by atoms with Gasteiger partial charge in [0.15, 0.2) is 0 Å². The molecule has 3 N–H and O–H groups in total. The second-order valence-electron chi connectivity index (χ2n) is 7.72. The molecule has 1 saturated carbocycles. The van der Waals surface area contributed by atoms with E-state index in [0.29, 0.717) is 6.04 Å². The SMILES string of the molecule is C=C1N(Cc2n/c(=C/C=C\C)c(=C)n2N)C2CCCCC2C12CNC2. The Bertz CT molecular complexity index is 814. The summed E-state index contributed by atoms with van der Waals surface area (Å²) in [6.45, 7) is 13.5. The summed E-state index contributed by atoms with van der Waals surface area (Å²) in [6, 6.07) is 0.580. The third-order valence-electron chi connectivity index (χ3n) is 6.51. The van der Waals surface area contributed by atoms with E-state index in [4.69, 9.17) is 10.8 Å². The minimum Gasteiger partial charge on any atom is -0.364 e. The van der Waals surface area contributed by atoms with Crippen molar-refractivity contribution in [2.45, 2.75) is 45.2 Å². The lowest BCUT2D eigenvalue weighted by atomic mass is 9.65. The highest BCUT2D eigenvalue weighted by atomic mass is 15.4. The third-order valence-corrected chi connectivity index (χ3v) is 6.51.